The molecule has 1 fully saturated rings. The van der Waals surface area contributed by atoms with Gasteiger partial charge in [-0.25, -0.2) is 18.1 Å². The van der Waals surface area contributed by atoms with E-state index in [2.05, 4.69) is 4.72 Å². The van der Waals surface area contributed by atoms with E-state index in [-0.39, 0.29) is 6.04 Å². The van der Waals surface area contributed by atoms with Crippen LogP contribution in [0.3, 0.4) is 0 Å². The number of hydrogen-bond acceptors (Lipinski definition) is 4. The van der Waals surface area contributed by atoms with E-state index < -0.39 is 10.0 Å². The summed E-state index contributed by atoms with van der Waals surface area (Å²) in [6.07, 6.45) is 2.77. The minimum absolute atomic E-state index is 0.0693. The molecule has 0 spiro atoms. The summed E-state index contributed by atoms with van der Waals surface area (Å²) in [6, 6.07) is 0.0693. The van der Waals surface area contributed by atoms with Crippen LogP contribution in [0.1, 0.15) is 12.8 Å². The van der Waals surface area contributed by atoms with Crippen LogP contribution in [-0.2, 0) is 10.0 Å². The first-order valence-corrected chi connectivity index (χ1v) is 5.83. The maximum atomic E-state index is 10.8. The molecule has 0 bridgehead atoms. The highest BCUT2D eigenvalue weighted by atomic mass is 32.2. The van der Waals surface area contributed by atoms with Gasteiger partial charge >= 0.3 is 0 Å². The average Bonchev–Trinajstić information content (AvgIpc) is 1.91. The molecule has 1 saturated heterocycles. The molecular formula is C6H15N3O2S. The Kier molecular flexibility index (Phi) is 3.05. The van der Waals surface area contributed by atoms with Crippen LogP contribution < -0.4 is 10.6 Å². The fourth-order valence-corrected chi connectivity index (χ4v) is 2.16. The third kappa shape index (κ3) is 3.48. The summed E-state index contributed by atoms with van der Waals surface area (Å²) in [7, 11) is -3.05. The molecule has 1 heterocycles. The van der Waals surface area contributed by atoms with E-state index in [0.717, 1.165) is 25.9 Å². The van der Waals surface area contributed by atoms with E-state index in [1.165, 1.54) is 6.26 Å². The van der Waals surface area contributed by atoms with Gasteiger partial charge in [-0.3, -0.25) is 5.84 Å². The van der Waals surface area contributed by atoms with E-state index in [1.54, 1.807) is 5.01 Å². The van der Waals surface area contributed by atoms with Gasteiger partial charge in [0, 0.05) is 19.1 Å². The SMILES string of the molecule is CS(=O)(=O)NC1CCN(N)CC1. The molecule has 1 rings (SSSR count). The Labute approximate surface area is 72.9 Å². The first-order valence-electron chi connectivity index (χ1n) is 3.94. The van der Waals surface area contributed by atoms with Gasteiger partial charge < -0.3 is 0 Å². The molecule has 6 heteroatoms. The van der Waals surface area contributed by atoms with Gasteiger partial charge in [-0.15, -0.1) is 0 Å². The Morgan fingerprint density at radius 3 is 2.33 bits per heavy atom. The molecule has 0 saturated carbocycles. The van der Waals surface area contributed by atoms with Gasteiger partial charge in [0.1, 0.15) is 0 Å². The largest absolute Gasteiger partial charge is 0.269 e. The molecule has 72 valence electrons. The molecule has 5 nitrogen and oxygen atoms in total. The zero-order valence-electron chi connectivity index (χ0n) is 7.16. The third-order valence-electron chi connectivity index (χ3n) is 1.91. The standard InChI is InChI=1S/C6H15N3O2S/c1-12(10,11)8-6-2-4-9(7)5-3-6/h6,8H,2-5,7H2,1H3. The summed E-state index contributed by atoms with van der Waals surface area (Å²) >= 11 is 0. The van der Waals surface area contributed by atoms with Crippen LogP contribution in [0.4, 0.5) is 0 Å². The summed E-state index contributed by atoms with van der Waals surface area (Å²) in [5.74, 6) is 5.52. The topological polar surface area (TPSA) is 75.4 Å². The Morgan fingerprint density at radius 2 is 1.92 bits per heavy atom. The van der Waals surface area contributed by atoms with E-state index in [4.69, 9.17) is 5.84 Å². The number of rotatable bonds is 2. The Hall–Kier alpha value is -0.170. The molecule has 0 aromatic carbocycles. The van der Waals surface area contributed by atoms with Crippen LogP contribution in [0, 0.1) is 0 Å². The van der Waals surface area contributed by atoms with Crippen molar-refractivity contribution < 1.29 is 8.42 Å². The second-order valence-electron chi connectivity index (χ2n) is 3.20. The van der Waals surface area contributed by atoms with Gasteiger partial charge in [0.05, 0.1) is 6.26 Å². The maximum absolute atomic E-state index is 10.8. The second kappa shape index (κ2) is 3.69. The van der Waals surface area contributed by atoms with Gasteiger partial charge in [0.15, 0.2) is 0 Å². The Bertz CT molecular complexity index is 231. The summed E-state index contributed by atoms with van der Waals surface area (Å²) in [5, 5.41) is 1.71. The normalized spacial score (nSPS) is 22.8. The minimum atomic E-state index is -3.05. The van der Waals surface area contributed by atoms with E-state index in [9.17, 15) is 8.42 Å². The van der Waals surface area contributed by atoms with Gasteiger partial charge in [0.2, 0.25) is 10.0 Å². The van der Waals surface area contributed by atoms with Crippen LogP contribution in [0.25, 0.3) is 0 Å². The van der Waals surface area contributed by atoms with E-state index >= 15 is 0 Å². The van der Waals surface area contributed by atoms with Crippen LogP contribution in [0.15, 0.2) is 0 Å². The molecule has 12 heavy (non-hydrogen) atoms. The molecule has 0 amide bonds. The second-order valence-corrected chi connectivity index (χ2v) is 4.98. The lowest BCUT2D eigenvalue weighted by atomic mass is 10.1. The van der Waals surface area contributed by atoms with Crippen molar-refractivity contribution in [1.29, 1.82) is 0 Å². The third-order valence-corrected chi connectivity index (χ3v) is 2.67. The predicted molar refractivity (Wildman–Crippen MR) is 46.8 cm³/mol. The van der Waals surface area contributed by atoms with Gasteiger partial charge in [-0.1, -0.05) is 0 Å². The molecule has 1 aliphatic rings. The minimum Gasteiger partial charge on any atom is -0.269 e. The van der Waals surface area contributed by atoms with Crippen LogP contribution >= 0.6 is 0 Å². The summed E-state index contributed by atoms with van der Waals surface area (Å²) in [5.41, 5.74) is 0. The van der Waals surface area contributed by atoms with Crippen molar-refractivity contribution in [2.45, 2.75) is 18.9 Å². The van der Waals surface area contributed by atoms with Crippen molar-refractivity contribution in [1.82, 2.24) is 9.73 Å². The average molecular weight is 193 g/mol. The molecule has 1 aliphatic heterocycles. The monoisotopic (exact) mass is 193 g/mol. The zero-order valence-corrected chi connectivity index (χ0v) is 7.97. The zero-order chi connectivity index (χ0) is 9.19. The number of hydrogen-bond donors (Lipinski definition) is 2. The molecule has 0 aromatic heterocycles. The highest BCUT2D eigenvalue weighted by molar-refractivity contribution is 7.88. The number of hydrazine groups is 1. The Morgan fingerprint density at radius 1 is 1.42 bits per heavy atom. The predicted octanol–water partition coefficient (Wildman–Crippen LogP) is -1.13. The molecule has 0 radical (unpaired) electrons. The van der Waals surface area contributed by atoms with Crippen molar-refractivity contribution >= 4 is 10.0 Å². The fraction of sp³-hybridized carbons (Fsp3) is 1.00. The summed E-state index contributed by atoms with van der Waals surface area (Å²) in [6.45, 7) is 1.51. The van der Waals surface area contributed by atoms with E-state index in [0.29, 0.717) is 0 Å². The lowest BCUT2D eigenvalue weighted by molar-refractivity contribution is 0.212. The number of piperidine rings is 1. The number of sulfonamides is 1. The maximum Gasteiger partial charge on any atom is 0.208 e. The van der Waals surface area contributed by atoms with Gasteiger partial charge in [-0.2, -0.15) is 0 Å². The van der Waals surface area contributed by atoms with E-state index in [1.807, 2.05) is 0 Å². The van der Waals surface area contributed by atoms with Crippen molar-refractivity contribution in [3.63, 3.8) is 0 Å². The highest BCUT2D eigenvalue weighted by Crippen LogP contribution is 2.07. The molecule has 0 unspecified atom stereocenters. The Balaban J connectivity index is 2.36. The lowest BCUT2D eigenvalue weighted by Crippen LogP contribution is -2.46. The molecule has 3 N–H and O–H groups in total. The van der Waals surface area contributed by atoms with Crippen LogP contribution in [0.5, 0.6) is 0 Å². The molecule has 0 aromatic rings. The number of nitrogens with zero attached hydrogens (tertiary/aromatic N) is 1. The van der Waals surface area contributed by atoms with Crippen LogP contribution in [-0.4, -0.2) is 38.8 Å². The van der Waals surface area contributed by atoms with Crippen molar-refractivity contribution in [3.8, 4) is 0 Å². The number of nitrogens with two attached hydrogens (primary N) is 1. The van der Waals surface area contributed by atoms with Crippen molar-refractivity contribution in [2.24, 2.45) is 5.84 Å². The first-order chi connectivity index (χ1) is 5.47. The van der Waals surface area contributed by atoms with Crippen molar-refractivity contribution in [3.05, 3.63) is 0 Å². The van der Waals surface area contributed by atoms with Crippen molar-refractivity contribution in [2.75, 3.05) is 19.3 Å². The molecule has 0 atom stereocenters. The number of nitrogens with one attached hydrogen (secondary N) is 1. The molecular weight excluding hydrogens is 178 g/mol. The van der Waals surface area contributed by atoms with Crippen LogP contribution in [0.2, 0.25) is 0 Å². The lowest BCUT2D eigenvalue weighted by Gasteiger charge is -2.28. The smallest absolute Gasteiger partial charge is 0.208 e. The molecule has 0 aliphatic carbocycles. The fourth-order valence-electron chi connectivity index (χ4n) is 1.32. The van der Waals surface area contributed by atoms with Gasteiger partial charge in [-0.05, 0) is 12.8 Å². The summed E-state index contributed by atoms with van der Waals surface area (Å²) in [4.78, 5) is 0. The highest BCUT2D eigenvalue weighted by Gasteiger charge is 2.19. The summed E-state index contributed by atoms with van der Waals surface area (Å²) < 4.78 is 24.2. The van der Waals surface area contributed by atoms with Gasteiger partial charge in [0.25, 0.3) is 0 Å². The quantitative estimate of drug-likeness (QED) is 0.544. The first kappa shape index (κ1) is 9.91.